The average molecular weight is 381 g/mol. The molecule has 0 radical (unpaired) electrons. The van der Waals surface area contributed by atoms with Gasteiger partial charge in [-0.1, -0.05) is 54.1 Å². The molecule has 0 amide bonds. The van der Waals surface area contributed by atoms with Gasteiger partial charge < -0.3 is 14.9 Å². The van der Waals surface area contributed by atoms with Crippen LogP contribution in [0.3, 0.4) is 0 Å². The first-order chi connectivity index (χ1) is 13.2. The molecule has 0 fully saturated rings. The van der Waals surface area contributed by atoms with E-state index in [1.165, 1.54) is 5.56 Å². The van der Waals surface area contributed by atoms with E-state index >= 15 is 0 Å². The number of nitrogens with one attached hydrogen (secondary N) is 1. The van der Waals surface area contributed by atoms with Crippen LogP contribution in [0.2, 0.25) is 5.02 Å². The maximum absolute atomic E-state index is 5.90. The smallest absolute Gasteiger partial charge is 0.161 e. The van der Waals surface area contributed by atoms with Gasteiger partial charge in [-0.3, -0.25) is 0 Å². The van der Waals surface area contributed by atoms with Crippen LogP contribution in [-0.2, 0) is 13.2 Å². The molecule has 27 heavy (non-hydrogen) atoms. The zero-order valence-corrected chi connectivity index (χ0v) is 15.8. The summed E-state index contributed by atoms with van der Waals surface area (Å²) in [5.41, 5.74) is 6.18. The van der Waals surface area contributed by atoms with Crippen LogP contribution in [0, 0.1) is 0 Å². The third kappa shape index (κ3) is 5.76. The highest BCUT2D eigenvalue weighted by molar-refractivity contribution is 6.30. The Kier molecular flexibility index (Phi) is 6.72. The van der Waals surface area contributed by atoms with Crippen LogP contribution < -0.4 is 14.9 Å². The lowest BCUT2D eigenvalue weighted by atomic mass is 10.2. The predicted molar refractivity (Wildman–Crippen MR) is 110 cm³/mol. The molecule has 0 saturated carbocycles. The lowest BCUT2D eigenvalue weighted by Crippen LogP contribution is -2.05. The number of rotatable bonds is 8. The van der Waals surface area contributed by atoms with E-state index in [-0.39, 0.29) is 0 Å². The first-order valence-electron chi connectivity index (χ1n) is 8.60. The van der Waals surface area contributed by atoms with E-state index in [1.54, 1.807) is 13.3 Å². The summed E-state index contributed by atoms with van der Waals surface area (Å²) in [4.78, 5) is 0. The molecule has 0 aliphatic carbocycles. The summed E-state index contributed by atoms with van der Waals surface area (Å²) in [6.07, 6.45) is 1.76. The molecule has 0 atom stereocenters. The van der Waals surface area contributed by atoms with E-state index < -0.39 is 0 Å². The van der Waals surface area contributed by atoms with Crippen molar-refractivity contribution < 1.29 is 9.47 Å². The highest BCUT2D eigenvalue weighted by Crippen LogP contribution is 2.28. The second kappa shape index (κ2) is 9.64. The zero-order valence-electron chi connectivity index (χ0n) is 15.1. The molecule has 4 nitrogen and oxygen atoms in total. The standard InChI is InChI=1S/C22H21ClN2O2/c1-26-22-13-19(15-25-24-14-17-5-3-2-4-6-17)9-12-21(22)27-16-18-7-10-20(23)11-8-18/h2-13,15,24H,14,16H2,1H3. The Morgan fingerprint density at radius 2 is 1.70 bits per heavy atom. The molecular formula is C22H21ClN2O2. The van der Waals surface area contributed by atoms with Gasteiger partial charge in [-0.15, -0.1) is 0 Å². The average Bonchev–Trinajstić information content (AvgIpc) is 2.72. The second-order valence-corrected chi connectivity index (χ2v) is 6.34. The Hall–Kier alpha value is -2.98. The van der Waals surface area contributed by atoms with Gasteiger partial charge in [0.2, 0.25) is 0 Å². The molecule has 1 N–H and O–H groups in total. The first kappa shape index (κ1) is 18.8. The largest absolute Gasteiger partial charge is 0.493 e. The van der Waals surface area contributed by atoms with Crippen LogP contribution in [0.25, 0.3) is 0 Å². The van der Waals surface area contributed by atoms with Crippen LogP contribution >= 0.6 is 11.6 Å². The molecule has 0 aliphatic heterocycles. The number of methoxy groups -OCH3 is 1. The number of hydrogen-bond acceptors (Lipinski definition) is 4. The summed E-state index contributed by atoms with van der Waals surface area (Å²) in [7, 11) is 1.62. The van der Waals surface area contributed by atoms with Crippen molar-refractivity contribution in [1.29, 1.82) is 0 Å². The minimum absolute atomic E-state index is 0.444. The van der Waals surface area contributed by atoms with Gasteiger partial charge in [-0.05, 0) is 47.0 Å². The maximum atomic E-state index is 5.90. The Morgan fingerprint density at radius 1 is 0.926 bits per heavy atom. The number of benzene rings is 3. The fraction of sp³-hybridized carbons (Fsp3) is 0.136. The van der Waals surface area contributed by atoms with E-state index in [4.69, 9.17) is 21.1 Å². The van der Waals surface area contributed by atoms with E-state index in [1.807, 2.05) is 60.7 Å². The summed E-state index contributed by atoms with van der Waals surface area (Å²) >= 11 is 5.90. The summed E-state index contributed by atoms with van der Waals surface area (Å²) in [6.45, 7) is 1.12. The summed E-state index contributed by atoms with van der Waals surface area (Å²) in [5, 5.41) is 4.97. The predicted octanol–water partition coefficient (Wildman–Crippen LogP) is 5.05. The number of hydrazone groups is 1. The summed E-state index contributed by atoms with van der Waals surface area (Å²) in [5.74, 6) is 1.35. The van der Waals surface area contributed by atoms with Gasteiger partial charge in [0.1, 0.15) is 6.61 Å². The maximum Gasteiger partial charge on any atom is 0.161 e. The molecule has 3 rings (SSSR count). The van der Waals surface area contributed by atoms with Crippen molar-refractivity contribution in [3.8, 4) is 11.5 Å². The minimum Gasteiger partial charge on any atom is -0.493 e. The molecule has 0 bridgehead atoms. The number of ether oxygens (including phenoxy) is 2. The van der Waals surface area contributed by atoms with Gasteiger partial charge in [-0.25, -0.2) is 0 Å². The highest BCUT2D eigenvalue weighted by atomic mass is 35.5. The molecule has 3 aromatic carbocycles. The Balaban J connectivity index is 1.58. The van der Waals surface area contributed by atoms with Crippen LogP contribution in [-0.4, -0.2) is 13.3 Å². The molecule has 5 heteroatoms. The zero-order chi connectivity index (χ0) is 18.9. The Labute approximate surface area is 164 Å². The Bertz CT molecular complexity index is 881. The molecule has 3 aromatic rings. The molecule has 0 aromatic heterocycles. The third-order valence-electron chi connectivity index (χ3n) is 3.93. The lowest BCUT2D eigenvalue weighted by Gasteiger charge is -2.11. The van der Waals surface area contributed by atoms with Gasteiger partial charge in [-0.2, -0.15) is 5.10 Å². The molecule has 0 heterocycles. The monoisotopic (exact) mass is 380 g/mol. The summed E-state index contributed by atoms with van der Waals surface area (Å²) < 4.78 is 11.3. The third-order valence-corrected chi connectivity index (χ3v) is 4.18. The van der Waals surface area contributed by atoms with E-state index in [9.17, 15) is 0 Å². The van der Waals surface area contributed by atoms with Gasteiger partial charge in [0, 0.05) is 5.02 Å². The van der Waals surface area contributed by atoms with Crippen LogP contribution in [0.15, 0.2) is 77.9 Å². The van der Waals surface area contributed by atoms with E-state index in [0.717, 1.165) is 11.1 Å². The molecule has 0 unspecified atom stereocenters. The quantitative estimate of drug-likeness (QED) is 0.439. The van der Waals surface area contributed by atoms with Gasteiger partial charge in [0.15, 0.2) is 11.5 Å². The normalized spacial score (nSPS) is 10.7. The molecule has 0 spiro atoms. The molecule has 138 valence electrons. The number of halogens is 1. The lowest BCUT2D eigenvalue weighted by molar-refractivity contribution is 0.284. The fourth-order valence-corrected chi connectivity index (χ4v) is 2.60. The minimum atomic E-state index is 0.444. The van der Waals surface area contributed by atoms with Crippen LogP contribution in [0.5, 0.6) is 11.5 Å². The van der Waals surface area contributed by atoms with Crippen LogP contribution in [0.1, 0.15) is 16.7 Å². The Morgan fingerprint density at radius 3 is 2.44 bits per heavy atom. The van der Waals surface area contributed by atoms with Gasteiger partial charge in [0.25, 0.3) is 0 Å². The van der Waals surface area contributed by atoms with Crippen molar-refractivity contribution in [2.75, 3.05) is 7.11 Å². The van der Waals surface area contributed by atoms with Gasteiger partial charge in [0.05, 0.1) is 19.9 Å². The number of hydrogen-bond donors (Lipinski definition) is 1. The van der Waals surface area contributed by atoms with Crippen LogP contribution in [0.4, 0.5) is 0 Å². The molecular weight excluding hydrogens is 360 g/mol. The van der Waals surface area contributed by atoms with Crippen molar-refractivity contribution in [2.45, 2.75) is 13.2 Å². The fourth-order valence-electron chi connectivity index (χ4n) is 2.48. The molecule has 0 saturated heterocycles. The second-order valence-electron chi connectivity index (χ2n) is 5.90. The molecule has 0 aliphatic rings. The van der Waals surface area contributed by atoms with Crippen molar-refractivity contribution in [3.63, 3.8) is 0 Å². The van der Waals surface area contributed by atoms with Gasteiger partial charge >= 0.3 is 0 Å². The SMILES string of the molecule is COc1cc(C=NNCc2ccccc2)ccc1OCc1ccc(Cl)cc1. The van der Waals surface area contributed by atoms with E-state index in [2.05, 4.69) is 22.7 Å². The topological polar surface area (TPSA) is 42.8 Å². The first-order valence-corrected chi connectivity index (χ1v) is 8.97. The van der Waals surface area contributed by atoms with Crippen molar-refractivity contribution in [1.82, 2.24) is 5.43 Å². The van der Waals surface area contributed by atoms with Crippen molar-refractivity contribution >= 4 is 17.8 Å². The van der Waals surface area contributed by atoms with E-state index in [0.29, 0.717) is 29.7 Å². The van der Waals surface area contributed by atoms with Crippen molar-refractivity contribution in [3.05, 3.63) is 94.5 Å². The van der Waals surface area contributed by atoms with Crippen molar-refractivity contribution in [2.24, 2.45) is 5.10 Å². The summed E-state index contributed by atoms with van der Waals surface area (Å²) in [6, 6.07) is 23.4. The number of nitrogens with zero attached hydrogens (tertiary/aromatic N) is 1. The highest BCUT2D eigenvalue weighted by Gasteiger charge is 2.05.